The van der Waals surface area contributed by atoms with Crippen molar-refractivity contribution >= 4 is 29.6 Å². The lowest BCUT2D eigenvalue weighted by Gasteiger charge is -2.43. The maximum Gasteiger partial charge on any atom is 0.327 e. The van der Waals surface area contributed by atoms with E-state index in [1.165, 1.54) is 16.7 Å². The first kappa shape index (κ1) is 21.9. The number of urea groups is 1. The van der Waals surface area contributed by atoms with E-state index < -0.39 is 0 Å². The van der Waals surface area contributed by atoms with Crippen molar-refractivity contribution in [3.63, 3.8) is 0 Å². The van der Waals surface area contributed by atoms with Gasteiger partial charge in [-0.25, -0.2) is 4.79 Å². The number of hydrogen-bond acceptors (Lipinski definition) is 4. The Morgan fingerprint density at radius 1 is 1.13 bits per heavy atom. The fourth-order valence-electron chi connectivity index (χ4n) is 4.78. The highest BCUT2D eigenvalue weighted by atomic mass is 32.2. The van der Waals surface area contributed by atoms with Crippen molar-refractivity contribution in [3.05, 3.63) is 47.4 Å². The van der Waals surface area contributed by atoms with Gasteiger partial charge in [0.05, 0.1) is 6.04 Å². The lowest BCUT2D eigenvalue weighted by Crippen LogP contribution is -2.62. The molecular formula is C24H31N3O3S. The molecule has 2 atom stereocenters. The predicted molar refractivity (Wildman–Crippen MR) is 122 cm³/mol. The number of carbonyl (C=O) groups excluding carboxylic acids is 3. The largest absolute Gasteiger partial charge is 0.354 e. The standard InChI is InChI=1S/C24H31N3O3S/c1-16(2)25-22(28)19-10-8-18(9-11-19)15-27-23(29)21-20(12-13-31-21)26(24(27)30)14-17-6-4-3-5-7-17/h3-7,12-13,16,18-21H,8-11,14-15H2,1-2H3,(H,25,28). The Kier molecular flexibility index (Phi) is 6.70. The molecular weight excluding hydrogens is 410 g/mol. The van der Waals surface area contributed by atoms with Gasteiger partial charge in [0.25, 0.3) is 0 Å². The number of benzene rings is 1. The Labute approximate surface area is 188 Å². The van der Waals surface area contributed by atoms with E-state index in [-0.39, 0.29) is 47.0 Å². The molecule has 0 aromatic heterocycles. The van der Waals surface area contributed by atoms with Crippen LogP contribution in [-0.2, 0) is 16.1 Å². The van der Waals surface area contributed by atoms with E-state index in [4.69, 9.17) is 0 Å². The van der Waals surface area contributed by atoms with Gasteiger partial charge in [0.1, 0.15) is 5.25 Å². The van der Waals surface area contributed by atoms with Crippen LogP contribution in [0.2, 0.25) is 0 Å². The highest BCUT2D eigenvalue weighted by molar-refractivity contribution is 8.03. The van der Waals surface area contributed by atoms with E-state index in [1.807, 2.05) is 60.6 Å². The third-order valence-corrected chi connectivity index (χ3v) is 7.53. The van der Waals surface area contributed by atoms with Gasteiger partial charge in [-0.1, -0.05) is 36.4 Å². The van der Waals surface area contributed by atoms with Crippen LogP contribution in [0.4, 0.5) is 4.79 Å². The van der Waals surface area contributed by atoms with E-state index in [1.54, 1.807) is 0 Å². The van der Waals surface area contributed by atoms with E-state index in [9.17, 15) is 14.4 Å². The number of rotatable bonds is 6. The Bertz CT molecular complexity index is 849. The van der Waals surface area contributed by atoms with Gasteiger partial charge in [0.15, 0.2) is 0 Å². The molecule has 31 heavy (non-hydrogen) atoms. The smallest absolute Gasteiger partial charge is 0.327 e. The van der Waals surface area contributed by atoms with E-state index >= 15 is 0 Å². The number of carbonyl (C=O) groups is 3. The van der Waals surface area contributed by atoms with E-state index in [0.717, 1.165) is 31.2 Å². The predicted octanol–water partition coefficient (Wildman–Crippen LogP) is 3.78. The summed E-state index contributed by atoms with van der Waals surface area (Å²) in [5.41, 5.74) is 1.06. The van der Waals surface area contributed by atoms with Crippen molar-refractivity contribution in [1.29, 1.82) is 0 Å². The summed E-state index contributed by atoms with van der Waals surface area (Å²) in [6, 6.07) is 9.70. The van der Waals surface area contributed by atoms with Crippen LogP contribution in [0.3, 0.4) is 0 Å². The van der Waals surface area contributed by atoms with Crippen molar-refractivity contribution in [3.8, 4) is 0 Å². The molecule has 1 aliphatic carbocycles. The quantitative estimate of drug-likeness (QED) is 0.729. The number of nitrogens with one attached hydrogen (secondary N) is 1. The second kappa shape index (κ2) is 9.47. The molecule has 1 saturated carbocycles. The van der Waals surface area contributed by atoms with Gasteiger partial charge in [-0.2, -0.15) is 0 Å². The highest BCUT2D eigenvalue weighted by Gasteiger charge is 2.47. The summed E-state index contributed by atoms with van der Waals surface area (Å²) in [6.07, 6.45) is 5.34. The molecule has 1 aromatic carbocycles. The number of thioether (sulfide) groups is 1. The van der Waals surface area contributed by atoms with Crippen LogP contribution in [-0.4, -0.2) is 51.5 Å². The second-order valence-electron chi connectivity index (χ2n) is 9.10. The monoisotopic (exact) mass is 441 g/mol. The zero-order valence-electron chi connectivity index (χ0n) is 18.2. The van der Waals surface area contributed by atoms with Crippen LogP contribution in [0.25, 0.3) is 0 Å². The van der Waals surface area contributed by atoms with Crippen LogP contribution < -0.4 is 5.32 Å². The van der Waals surface area contributed by atoms with Gasteiger partial charge in [-0.15, -0.1) is 11.8 Å². The minimum absolute atomic E-state index is 0.0416. The topological polar surface area (TPSA) is 69.7 Å². The first-order valence-electron chi connectivity index (χ1n) is 11.2. The van der Waals surface area contributed by atoms with Crippen molar-refractivity contribution in [1.82, 2.24) is 15.1 Å². The summed E-state index contributed by atoms with van der Waals surface area (Å²) in [5, 5.41) is 4.69. The highest BCUT2D eigenvalue weighted by Crippen LogP contribution is 2.37. The summed E-state index contributed by atoms with van der Waals surface area (Å²) in [5.74, 6) is 0.350. The fourth-order valence-corrected chi connectivity index (χ4v) is 5.85. The van der Waals surface area contributed by atoms with Crippen molar-refractivity contribution in [2.75, 3.05) is 6.54 Å². The number of hydrogen-bond donors (Lipinski definition) is 1. The first-order chi connectivity index (χ1) is 14.9. The minimum atomic E-state index is -0.255. The van der Waals surface area contributed by atoms with Gasteiger partial charge in [-0.3, -0.25) is 14.5 Å². The molecule has 7 heteroatoms. The minimum Gasteiger partial charge on any atom is -0.354 e. The van der Waals surface area contributed by atoms with Crippen molar-refractivity contribution < 1.29 is 14.4 Å². The maximum atomic E-state index is 13.4. The van der Waals surface area contributed by atoms with Crippen LogP contribution >= 0.6 is 11.8 Å². The van der Waals surface area contributed by atoms with Crippen LogP contribution in [0.5, 0.6) is 0 Å². The van der Waals surface area contributed by atoms with Crippen LogP contribution in [0.1, 0.15) is 45.1 Å². The molecule has 0 radical (unpaired) electrons. The van der Waals surface area contributed by atoms with Gasteiger partial charge in [-0.05, 0) is 56.4 Å². The average molecular weight is 442 g/mol. The molecule has 2 unspecified atom stereocenters. The van der Waals surface area contributed by atoms with E-state index in [0.29, 0.717) is 13.1 Å². The second-order valence-corrected chi connectivity index (χ2v) is 10.2. The normalized spacial score (nSPS) is 28.2. The molecule has 3 aliphatic rings. The Hall–Kier alpha value is -2.28. The average Bonchev–Trinajstić information content (AvgIpc) is 3.25. The number of imide groups is 1. The van der Waals surface area contributed by atoms with Gasteiger partial charge >= 0.3 is 6.03 Å². The Morgan fingerprint density at radius 2 is 1.84 bits per heavy atom. The van der Waals surface area contributed by atoms with Crippen molar-refractivity contribution in [2.24, 2.45) is 11.8 Å². The number of amides is 4. The molecule has 4 rings (SSSR count). The van der Waals surface area contributed by atoms with Crippen molar-refractivity contribution in [2.45, 2.75) is 63.4 Å². The third-order valence-electron chi connectivity index (χ3n) is 6.44. The zero-order valence-corrected chi connectivity index (χ0v) is 19.0. The summed E-state index contributed by atoms with van der Waals surface area (Å²) >= 11 is 1.51. The molecule has 4 amide bonds. The van der Waals surface area contributed by atoms with Gasteiger partial charge in [0, 0.05) is 25.0 Å². The Morgan fingerprint density at radius 3 is 2.52 bits per heavy atom. The molecule has 0 spiro atoms. The molecule has 1 N–H and O–H groups in total. The lowest BCUT2D eigenvalue weighted by molar-refractivity contribution is -0.132. The summed E-state index contributed by atoms with van der Waals surface area (Å²) in [6.45, 7) is 4.89. The first-order valence-corrected chi connectivity index (χ1v) is 12.2. The number of fused-ring (bicyclic) bond motifs is 1. The molecule has 1 aromatic rings. The number of nitrogens with zero attached hydrogens (tertiary/aromatic N) is 2. The zero-order chi connectivity index (χ0) is 22.0. The lowest BCUT2D eigenvalue weighted by atomic mass is 9.81. The fraction of sp³-hybridized carbons (Fsp3) is 0.542. The Balaban J connectivity index is 1.41. The molecule has 2 fully saturated rings. The third kappa shape index (κ3) is 4.81. The SMILES string of the molecule is CC(C)NC(=O)C1CCC(CN2C(=O)C3SC=CC3N(Cc3ccccc3)C2=O)CC1. The van der Waals surface area contributed by atoms with Gasteiger partial charge in [0.2, 0.25) is 11.8 Å². The summed E-state index contributed by atoms with van der Waals surface area (Å²) in [4.78, 5) is 42.1. The summed E-state index contributed by atoms with van der Waals surface area (Å²) < 4.78 is 0. The molecule has 166 valence electrons. The molecule has 0 bridgehead atoms. The van der Waals surface area contributed by atoms with E-state index in [2.05, 4.69) is 5.32 Å². The van der Waals surface area contributed by atoms with Gasteiger partial charge < -0.3 is 10.2 Å². The molecule has 6 nitrogen and oxygen atoms in total. The molecule has 2 heterocycles. The summed E-state index contributed by atoms with van der Waals surface area (Å²) in [7, 11) is 0. The van der Waals surface area contributed by atoms with Crippen LogP contribution in [0.15, 0.2) is 41.8 Å². The maximum absolute atomic E-state index is 13.4. The molecule has 1 saturated heterocycles. The molecule has 2 aliphatic heterocycles. The van der Waals surface area contributed by atoms with Crippen LogP contribution in [0, 0.1) is 11.8 Å².